The minimum Gasteiger partial charge on any atom is -0.399 e. The predicted octanol–water partition coefficient (Wildman–Crippen LogP) is 2.02. The van der Waals surface area contributed by atoms with E-state index in [1.54, 1.807) is 0 Å². The highest BCUT2D eigenvalue weighted by atomic mass is 15.2. The van der Waals surface area contributed by atoms with Gasteiger partial charge in [0.2, 0.25) is 0 Å². The summed E-state index contributed by atoms with van der Waals surface area (Å²) in [6, 6.07) is 8.54. The molecular weight excluding hydrogens is 238 g/mol. The normalized spacial score (nSPS) is 14.9. The summed E-state index contributed by atoms with van der Waals surface area (Å²) >= 11 is 0. The van der Waals surface area contributed by atoms with Crippen LogP contribution in [0.2, 0.25) is 0 Å². The first-order valence-electron chi connectivity index (χ1n) is 6.61. The molecule has 0 unspecified atom stereocenters. The molecule has 0 bridgehead atoms. The zero-order chi connectivity index (χ0) is 13.2. The third-order valence-electron chi connectivity index (χ3n) is 3.48. The molecule has 3 N–H and O–H groups in total. The average Bonchev–Trinajstić information content (AvgIpc) is 3.15. The maximum atomic E-state index is 8.71. The summed E-state index contributed by atoms with van der Waals surface area (Å²) in [7, 11) is 0. The first-order chi connectivity index (χ1) is 9.26. The molecule has 0 aliphatic heterocycles. The van der Waals surface area contributed by atoms with Crippen molar-refractivity contribution in [3.8, 4) is 6.07 Å². The molecule has 1 saturated carbocycles. The van der Waals surface area contributed by atoms with Crippen LogP contribution < -0.4 is 5.73 Å². The number of imidazole rings is 1. The second-order valence-electron chi connectivity index (χ2n) is 5.07. The molecule has 1 heterocycles. The van der Waals surface area contributed by atoms with Crippen molar-refractivity contribution in [1.29, 1.82) is 5.26 Å². The Bertz CT molecular complexity index is 620. The van der Waals surface area contributed by atoms with E-state index in [-0.39, 0.29) is 0 Å². The number of nitriles is 1. The Morgan fingerprint density at radius 2 is 2.32 bits per heavy atom. The molecule has 98 valence electrons. The Morgan fingerprint density at radius 3 is 3.05 bits per heavy atom. The van der Waals surface area contributed by atoms with E-state index in [0.717, 1.165) is 35.6 Å². The first kappa shape index (κ1) is 12.0. The van der Waals surface area contributed by atoms with Gasteiger partial charge in [0.05, 0.1) is 23.6 Å². The van der Waals surface area contributed by atoms with Crippen LogP contribution in [0.5, 0.6) is 0 Å². The first-order valence-corrected chi connectivity index (χ1v) is 6.61. The van der Waals surface area contributed by atoms with Crippen LogP contribution in [0.15, 0.2) is 18.2 Å². The van der Waals surface area contributed by atoms with E-state index in [0.29, 0.717) is 12.5 Å². The lowest BCUT2D eigenvalue weighted by Gasteiger charge is -2.18. The SMILES string of the molecule is N#CCCN(Cc1nc2ccc(N)cc2[nH]1)C1CC1. The minimum atomic E-state index is 0.573. The number of fused-ring (bicyclic) bond motifs is 1. The summed E-state index contributed by atoms with van der Waals surface area (Å²) in [4.78, 5) is 10.2. The fraction of sp³-hybridized carbons (Fsp3) is 0.429. The maximum Gasteiger partial charge on any atom is 0.121 e. The van der Waals surface area contributed by atoms with Gasteiger partial charge in [0.15, 0.2) is 0 Å². The van der Waals surface area contributed by atoms with Crippen LogP contribution in [0.1, 0.15) is 25.1 Å². The number of aromatic nitrogens is 2. The van der Waals surface area contributed by atoms with E-state index in [1.807, 2.05) is 18.2 Å². The number of anilines is 1. The number of hydrogen-bond donors (Lipinski definition) is 2. The predicted molar refractivity (Wildman–Crippen MR) is 74.2 cm³/mol. The number of aromatic amines is 1. The van der Waals surface area contributed by atoms with Gasteiger partial charge in [-0.25, -0.2) is 4.98 Å². The van der Waals surface area contributed by atoms with Gasteiger partial charge in [-0.1, -0.05) is 0 Å². The Balaban J connectivity index is 1.77. The number of benzene rings is 1. The van der Waals surface area contributed by atoms with Crippen LogP contribution in [-0.2, 0) is 6.54 Å². The molecule has 1 aromatic carbocycles. The Labute approximate surface area is 112 Å². The highest BCUT2D eigenvalue weighted by Gasteiger charge is 2.29. The fourth-order valence-corrected chi connectivity index (χ4v) is 2.37. The van der Waals surface area contributed by atoms with Gasteiger partial charge in [-0.05, 0) is 31.0 Å². The minimum absolute atomic E-state index is 0.573. The lowest BCUT2D eigenvalue weighted by molar-refractivity contribution is 0.255. The largest absolute Gasteiger partial charge is 0.399 e. The molecule has 1 aromatic heterocycles. The average molecular weight is 255 g/mol. The van der Waals surface area contributed by atoms with Gasteiger partial charge < -0.3 is 10.7 Å². The van der Waals surface area contributed by atoms with Crippen LogP contribution in [-0.4, -0.2) is 27.5 Å². The zero-order valence-electron chi connectivity index (χ0n) is 10.8. The Hall–Kier alpha value is -2.06. The second kappa shape index (κ2) is 4.90. The summed E-state index contributed by atoms with van der Waals surface area (Å²) in [5.41, 5.74) is 8.43. The van der Waals surface area contributed by atoms with Crippen molar-refractivity contribution in [2.45, 2.75) is 31.8 Å². The maximum absolute atomic E-state index is 8.71. The number of rotatable bonds is 5. The Kier molecular flexibility index (Phi) is 3.10. The molecule has 5 heteroatoms. The summed E-state index contributed by atoms with van der Waals surface area (Å²) in [5, 5.41) is 8.71. The second-order valence-corrected chi connectivity index (χ2v) is 5.07. The number of hydrogen-bond acceptors (Lipinski definition) is 4. The van der Waals surface area contributed by atoms with Crippen molar-refractivity contribution in [3.05, 3.63) is 24.0 Å². The molecule has 2 aromatic rings. The van der Waals surface area contributed by atoms with E-state index in [2.05, 4.69) is 20.9 Å². The van der Waals surface area contributed by atoms with E-state index < -0.39 is 0 Å². The third-order valence-corrected chi connectivity index (χ3v) is 3.48. The van der Waals surface area contributed by atoms with Crippen molar-refractivity contribution in [3.63, 3.8) is 0 Å². The van der Waals surface area contributed by atoms with Gasteiger partial charge in [0.1, 0.15) is 5.82 Å². The van der Waals surface area contributed by atoms with E-state index in [4.69, 9.17) is 11.0 Å². The van der Waals surface area contributed by atoms with Gasteiger partial charge in [-0.2, -0.15) is 5.26 Å². The fourth-order valence-electron chi connectivity index (χ4n) is 2.37. The monoisotopic (exact) mass is 255 g/mol. The van der Waals surface area contributed by atoms with Crippen LogP contribution >= 0.6 is 0 Å². The third kappa shape index (κ3) is 2.69. The van der Waals surface area contributed by atoms with Crippen molar-refractivity contribution in [2.24, 2.45) is 0 Å². The van der Waals surface area contributed by atoms with Gasteiger partial charge in [0, 0.05) is 24.7 Å². The molecule has 0 amide bonds. The van der Waals surface area contributed by atoms with E-state index in [1.165, 1.54) is 12.8 Å². The van der Waals surface area contributed by atoms with Crippen molar-refractivity contribution in [1.82, 2.24) is 14.9 Å². The Morgan fingerprint density at radius 1 is 1.47 bits per heavy atom. The zero-order valence-corrected chi connectivity index (χ0v) is 10.8. The van der Waals surface area contributed by atoms with Gasteiger partial charge in [0.25, 0.3) is 0 Å². The van der Waals surface area contributed by atoms with Crippen LogP contribution in [0.3, 0.4) is 0 Å². The highest BCUT2D eigenvalue weighted by molar-refractivity contribution is 5.78. The molecule has 1 aliphatic carbocycles. The standard InChI is InChI=1S/C14H17N5/c15-6-1-7-19(11-3-4-11)9-14-17-12-5-2-10(16)8-13(12)18-14/h2,5,8,11H,1,3-4,7,9,16H2,(H,17,18). The van der Waals surface area contributed by atoms with Crippen molar-refractivity contribution in [2.75, 3.05) is 12.3 Å². The van der Waals surface area contributed by atoms with E-state index >= 15 is 0 Å². The van der Waals surface area contributed by atoms with Gasteiger partial charge in [-0.3, -0.25) is 4.90 Å². The molecule has 0 radical (unpaired) electrons. The molecule has 0 saturated heterocycles. The number of nitrogens with two attached hydrogens (primary N) is 1. The molecule has 5 nitrogen and oxygen atoms in total. The van der Waals surface area contributed by atoms with Crippen LogP contribution in [0.4, 0.5) is 5.69 Å². The summed E-state index contributed by atoms with van der Waals surface area (Å²) < 4.78 is 0. The number of H-pyrrole nitrogens is 1. The summed E-state index contributed by atoms with van der Waals surface area (Å²) in [6.07, 6.45) is 3.04. The molecule has 1 fully saturated rings. The number of nitrogens with one attached hydrogen (secondary N) is 1. The molecule has 0 atom stereocenters. The summed E-state index contributed by atoms with van der Waals surface area (Å²) in [6.45, 7) is 1.60. The highest BCUT2D eigenvalue weighted by Crippen LogP contribution is 2.28. The molecule has 1 aliphatic rings. The summed E-state index contributed by atoms with van der Waals surface area (Å²) in [5.74, 6) is 0.949. The van der Waals surface area contributed by atoms with Crippen molar-refractivity contribution >= 4 is 16.7 Å². The van der Waals surface area contributed by atoms with Crippen LogP contribution in [0.25, 0.3) is 11.0 Å². The number of nitrogen functional groups attached to an aromatic ring is 1. The van der Waals surface area contributed by atoms with E-state index in [9.17, 15) is 0 Å². The molecule has 19 heavy (non-hydrogen) atoms. The molecule has 0 spiro atoms. The van der Waals surface area contributed by atoms with Crippen LogP contribution in [0, 0.1) is 11.3 Å². The quantitative estimate of drug-likeness (QED) is 0.801. The van der Waals surface area contributed by atoms with Gasteiger partial charge in [-0.15, -0.1) is 0 Å². The molecule has 3 rings (SSSR count). The molecular formula is C14H17N5. The lowest BCUT2D eigenvalue weighted by Crippen LogP contribution is -2.27. The van der Waals surface area contributed by atoms with Gasteiger partial charge >= 0.3 is 0 Å². The lowest BCUT2D eigenvalue weighted by atomic mass is 10.3. The topological polar surface area (TPSA) is 81.7 Å². The smallest absolute Gasteiger partial charge is 0.121 e. The number of nitrogens with zero attached hydrogens (tertiary/aromatic N) is 3. The van der Waals surface area contributed by atoms with Crippen molar-refractivity contribution < 1.29 is 0 Å².